The highest BCUT2D eigenvalue weighted by Crippen LogP contribution is 2.14. The second-order valence-electron chi connectivity index (χ2n) is 3.43. The lowest BCUT2D eigenvalue weighted by Crippen LogP contribution is -2.32. The molecule has 2 heterocycles. The maximum atomic E-state index is 11.5. The minimum Gasteiger partial charge on any atom is -0.461 e. The third-order valence-electron chi connectivity index (χ3n) is 2.39. The van der Waals surface area contributed by atoms with Crippen LogP contribution in [-0.2, 0) is 16.0 Å². The molecule has 1 aliphatic heterocycles. The Labute approximate surface area is 88.0 Å². The first kappa shape index (κ1) is 10.2. The largest absolute Gasteiger partial charge is 0.461 e. The molecule has 15 heavy (non-hydrogen) atoms. The van der Waals surface area contributed by atoms with E-state index in [1.807, 2.05) is 0 Å². The Bertz CT molecular complexity index is 344. The number of rotatable bonds is 4. The topological polar surface area (TPSA) is 53.3 Å². The van der Waals surface area contributed by atoms with Crippen molar-refractivity contribution in [2.45, 2.75) is 26.0 Å². The molecule has 0 saturated carbocycles. The molecule has 5 nitrogen and oxygen atoms in total. The summed E-state index contributed by atoms with van der Waals surface area (Å²) in [5.74, 6) is -0.325. The fourth-order valence-electron chi connectivity index (χ4n) is 1.49. The zero-order valence-electron chi connectivity index (χ0n) is 8.68. The van der Waals surface area contributed by atoms with Crippen molar-refractivity contribution in [3.63, 3.8) is 0 Å². The van der Waals surface area contributed by atoms with Gasteiger partial charge in [-0.2, -0.15) is 0 Å². The Morgan fingerprint density at radius 1 is 1.80 bits per heavy atom. The molecule has 1 aromatic heterocycles. The highest BCUT2D eigenvalue weighted by Gasteiger charge is 2.21. The molecule has 1 aromatic rings. The normalized spacial score (nSPS) is 19.7. The average Bonchev–Trinajstić information content (AvgIpc) is 2.59. The Kier molecular flexibility index (Phi) is 3.01. The maximum absolute atomic E-state index is 11.5. The van der Waals surface area contributed by atoms with Gasteiger partial charge in [-0.15, -0.1) is 0 Å². The van der Waals surface area contributed by atoms with E-state index in [2.05, 4.69) is 4.98 Å². The summed E-state index contributed by atoms with van der Waals surface area (Å²) in [6, 6.07) is 0. The summed E-state index contributed by atoms with van der Waals surface area (Å²) >= 11 is 0. The Balaban J connectivity index is 2.03. The van der Waals surface area contributed by atoms with Crippen molar-refractivity contribution in [1.29, 1.82) is 0 Å². The summed E-state index contributed by atoms with van der Waals surface area (Å²) in [6.45, 7) is 3.65. The van der Waals surface area contributed by atoms with E-state index >= 15 is 0 Å². The van der Waals surface area contributed by atoms with E-state index in [1.165, 1.54) is 6.20 Å². The van der Waals surface area contributed by atoms with E-state index in [9.17, 15) is 4.79 Å². The lowest BCUT2D eigenvalue weighted by atomic mass is 10.2. The molecule has 0 amide bonds. The number of carbonyl (C=O) groups is 1. The summed E-state index contributed by atoms with van der Waals surface area (Å²) in [5.41, 5.74) is 0.493. The van der Waals surface area contributed by atoms with Crippen LogP contribution in [0.25, 0.3) is 0 Å². The quantitative estimate of drug-likeness (QED) is 0.691. The third kappa shape index (κ3) is 2.18. The maximum Gasteiger partial charge on any atom is 0.356 e. The van der Waals surface area contributed by atoms with Gasteiger partial charge in [0.15, 0.2) is 0 Å². The minimum absolute atomic E-state index is 0.215. The molecule has 0 aliphatic carbocycles. The lowest BCUT2D eigenvalue weighted by molar-refractivity contribution is -0.0595. The van der Waals surface area contributed by atoms with Crippen LogP contribution in [0.2, 0.25) is 0 Å². The van der Waals surface area contributed by atoms with E-state index < -0.39 is 0 Å². The first-order chi connectivity index (χ1) is 7.31. The number of hydrogen-bond donors (Lipinski definition) is 0. The molecule has 1 fully saturated rings. The molecular weight excluding hydrogens is 196 g/mol. The van der Waals surface area contributed by atoms with Crippen LogP contribution in [0.4, 0.5) is 0 Å². The van der Waals surface area contributed by atoms with Crippen LogP contribution in [0.3, 0.4) is 0 Å². The zero-order chi connectivity index (χ0) is 10.7. The van der Waals surface area contributed by atoms with Crippen molar-refractivity contribution >= 4 is 5.97 Å². The second-order valence-corrected chi connectivity index (χ2v) is 3.43. The number of aromatic nitrogens is 2. The molecule has 0 radical (unpaired) electrons. The summed E-state index contributed by atoms with van der Waals surface area (Å²) in [4.78, 5) is 15.4. The fourth-order valence-corrected chi connectivity index (χ4v) is 1.49. The third-order valence-corrected chi connectivity index (χ3v) is 2.39. The number of ether oxygens (including phenoxy) is 2. The molecule has 1 aliphatic rings. The van der Waals surface area contributed by atoms with Gasteiger partial charge in [0.05, 0.1) is 31.8 Å². The van der Waals surface area contributed by atoms with Gasteiger partial charge in [0.25, 0.3) is 0 Å². The van der Waals surface area contributed by atoms with Crippen molar-refractivity contribution in [3.05, 3.63) is 18.2 Å². The van der Waals surface area contributed by atoms with E-state index in [4.69, 9.17) is 9.47 Å². The van der Waals surface area contributed by atoms with Gasteiger partial charge >= 0.3 is 5.97 Å². The summed E-state index contributed by atoms with van der Waals surface area (Å²) in [5, 5.41) is 0. The first-order valence-electron chi connectivity index (χ1n) is 5.10. The number of hydrogen-bond acceptors (Lipinski definition) is 4. The van der Waals surface area contributed by atoms with Gasteiger partial charge in [-0.3, -0.25) is 0 Å². The lowest BCUT2D eigenvalue weighted by Gasteiger charge is -2.26. The molecule has 0 aromatic carbocycles. The SMILES string of the molecule is CCOC(=O)c1cncn1C[C@@H]1CCO1. The van der Waals surface area contributed by atoms with E-state index in [-0.39, 0.29) is 12.1 Å². The van der Waals surface area contributed by atoms with E-state index in [1.54, 1.807) is 17.8 Å². The number of esters is 1. The molecule has 0 unspecified atom stereocenters. The van der Waals surface area contributed by atoms with Gasteiger partial charge in [-0.25, -0.2) is 9.78 Å². The predicted octanol–water partition coefficient (Wildman–Crippen LogP) is 0.849. The van der Waals surface area contributed by atoms with Crippen LogP contribution >= 0.6 is 0 Å². The Morgan fingerprint density at radius 3 is 3.20 bits per heavy atom. The second kappa shape index (κ2) is 4.44. The van der Waals surface area contributed by atoms with Crippen LogP contribution in [0, 0.1) is 0 Å². The molecule has 1 atom stereocenters. The van der Waals surface area contributed by atoms with Gasteiger partial charge in [0, 0.05) is 6.61 Å². The van der Waals surface area contributed by atoms with Gasteiger partial charge in [0.2, 0.25) is 0 Å². The Hall–Kier alpha value is -1.36. The smallest absolute Gasteiger partial charge is 0.356 e. The number of nitrogens with zero attached hydrogens (tertiary/aromatic N) is 2. The highest BCUT2D eigenvalue weighted by atomic mass is 16.5. The van der Waals surface area contributed by atoms with Crippen LogP contribution in [0.15, 0.2) is 12.5 Å². The minimum atomic E-state index is -0.325. The van der Waals surface area contributed by atoms with Gasteiger partial charge in [-0.05, 0) is 13.3 Å². The monoisotopic (exact) mass is 210 g/mol. The van der Waals surface area contributed by atoms with Crippen LogP contribution < -0.4 is 0 Å². The Morgan fingerprint density at radius 2 is 2.60 bits per heavy atom. The first-order valence-corrected chi connectivity index (χ1v) is 5.10. The van der Waals surface area contributed by atoms with Gasteiger partial charge in [0.1, 0.15) is 5.69 Å². The number of imidazole rings is 1. The van der Waals surface area contributed by atoms with Crippen molar-refractivity contribution in [1.82, 2.24) is 9.55 Å². The van der Waals surface area contributed by atoms with Crippen LogP contribution in [0.1, 0.15) is 23.8 Å². The fraction of sp³-hybridized carbons (Fsp3) is 0.600. The number of carbonyl (C=O) groups excluding carboxylic acids is 1. The summed E-state index contributed by atoms with van der Waals surface area (Å²) < 4.78 is 12.0. The molecule has 5 heteroatoms. The van der Waals surface area contributed by atoms with E-state index in [0.29, 0.717) is 18.8 Å². The molecule has 1 saturated heterocycles. The van der Waals surface area contributed by atoms with E-state index in [0.717, 1.165) is 13.0 Å². The zero-order valence-corrected chi connectivity index (χ0v) is 8.68. The van der Waals surface area contributed by atoms with Gasteiger partial charge < -0.3 is 14.0 Å². The highest BCUT2D eigenvalue weighted by molar-refractivity contribution is 5.87. The van der Waals surface area contributed by atoms with Crippen molar-refractivity contribution < 1.29 is 14.3 Å². The molecule has 82 valence electrons. The molecule has 0 bridgehead atoms. The molecule has 2 rings (SSSR count). The van der Waals surface area contributed by atoms with Crippen molar-refractivity contribution in [2.75, 3.05) is 13.2 Å². The van der Waals surface area contributed by atoms with Crippen molar-refractivity contribution in [3.8, 4) is 0 Å². The molecule has 0 spiro atoms. The standard InChI is InChI=1S/C10H14N2O3/c1-2-14-10(13)9-5-11-7-12(9)6-8-3-4-15-8/h5,7-8H,2-4,6H2,1H3/t8-/m0/s1. The van der Waals surface area contributed by atoms with Gasteiger partial charge in [-0.1, -0.05) is 0 Å². The molecular formula is C10H14N2O3. The average molecular weight is 210 g/mol. The summed E-state index contributed by atoms with van der Waals surface area (Å²) in [7, 11) is 0. The van der Waals surface area contributed by atoms with Crippen LogP contribution in [-0.4, -0.2) is 34.8 Å². The predicted molar refractivity (Wildman–Crippen MR) is 52.5 cm³/mol. The van der Waals surface area contributed by atoms with Crippen molar-refractivity contribution in [2.24, 2.45) is 0 Å². The van der Waals surface area contributed by atoms with Crippen LogP contribution in [0.5, 0.6) is 0 Å². The summed E-state index contributed by atoms with van der Waals surface area (Å²) in [6.07, 6.45) is 4.41. The molecule has 0 N–H and O–H groups in total.